The largest absolute Gasteiger partial charge is 0.447 e. The number of thiazole rings is 2. The van der Waals surface area contributed by atoms with E-state index in [1.807, 2.05) is 84.9 Å². The van der Waals surface area contributed by atoms with Gasteiger partial charge in [-0.25, -0.2) is 19.6 Å². The van der Waals surface area contributed by atoms with Crippen molar-refractivity contribution in [2.75, 3.05) is 10.6 Å². The average Bonchev–Trinajstić information content (AvgIpc) is 3.48. The predicted octanol–water partition coefficient (Wildman–Crippen LogP) is 10.8. The van der Waals surface area contributed by atoms with E-state index in [0.717, 1.165) is 38.9 Å². The van der Waals surface area contributed by atoms with Gasteiger partial charge in [0, 0.05) is 16.9 Å². The van der Waals surface area contributed by atoms with Crippen molar-refractivity contribution in [3.63, 3.8) is 0 Å². The maximum absolute atomic E-state index is 11.5. The molecule has 4 aromatic rings. The molecular weight excluding hydrogens is 772 g/mol. The van der Waals surface area contributed by atoms with Gasteiger partial charge < -0.3 is 9.47 Å². The molecule has 13 heteroatoms. The number of nitrogens with zero attached hydrogens (tertiary/aromatic N) is 2. The summed E-state index contributed by atoms with van der Waals surface area (Å²) in [6, 6.07) is 11.5. The molecular formula is C29H33Br3N4O4S2. The molecule has 2 aromatic carbocycles. The topological polar surface area (TPSA) is 102 Å². The Morgan fingerprint density at radius 3 is 1.60 bits per heavy atom. The highest BCUT2D eigenvalue weighted by molar-refractivity contribution is 9.12. The fraction of sp³-hybridized carbons (Fsp3) is 0.310. The average molecular weight is 805 g/mol. The molecule has 0 saturated carbocycles. The molecule has 2 N–H and O–H groups in total. The molecule has 0 bridgehead atoms. The number of rotatable bonds is 5. The summed E-state index contributed by atoms with van der Waals surface area (Å²) >= 11 is 13.0. The molecule has 0 aliphatic heterocycles. The lowest BCUT2D eigenvalue weighted by Crippen LogP contribution is -2.18. The van der Waals surface area contributed by atoms with Crippen LogP contribution in [0.1, 0.15) is 44.4 Å². The highest BCUT2D eigenvalue weighted by atomic mass is 79.9. The molecule has 8 nitrogen and oxygen atoms in total. The molecule has 2 aromatic heterocycles. The van der Waals surface area contributed by atoms with E-state index in [1.165, 1.54) is 5.56 Å². The summed E-state index contributed by atoms with van der Waals surface area (Å²) < 4.78 is 13.0. The van der Waals surface area contributed by atoms with Crippen molar-refractivity contribution in [3.05, 3.63) is 77.0 Å². The number of anilines is 2. The summed E-state index contributed by atoms with van der Waals surface area (Å²) in [5.74, 6) is 0. The van der Waals surface area contributed by atoms with Gasteiger partial charge in [-0.05, 0) is 143 Å². The molecule has 0 fully saturated rings. The zero-order valence-electron chi connectivity index (χ0n) is 24.3. The Kier molecular flexibility index (Phi) is 15.1. The van der Waals surface area contributed by atoms with Crippen molar-refractivity contribution in [1.29, 1.82) is 0 Å². The minimum Gasteiger partial charge on any atom is -0.447 e. The van der Waals surface area contributed by atoms with Crippen LogP contribution in [0.15, 0.2) is 60.3 Å². The number of halogens is 3. The minimum absolute atomic E-state index is 0.100. The summed E-state index contributed by atoms with van der Waals surface area (Å²) in [5.41, 5.74) is 5.95. The summed E-state index contributed by atoms with van der Waals surface area (Å²) in [4.78, 5) is 31.1. The SMILES string of the molecule is Brc1cnc(Br)s1.Cc1cc(NC(=O)OC(C)C)ccc1-c1ncc(Br)s1.Cc1ccc(NC(=O)OC(C)C)cc1C. The van der Waals surface area contributed by atoms with Crippen molar-refractivity contribution in [3.8, 4) is 10.6 Å². The predicted molar refractivity (Wildman–Crippen MR) is 184 cm³/mol. The first-order valence-corrected chi connectivity index (χ1v) is 16.8. The molecule has 0 radical (unpaired) electrons. The molecule has 0 spiro atoms. The van der Waals surface area contributed by atoms with Crippen LogP contribution in [0.5, 0.6) is 0 Å². The standard InChI is InChI=1S/C14H15BrN2O2S.C12H17NO2.C3HBr2NS/c1-8(2)19-14(18)17-10-4-5-11(9(3)6-10)13-16-7-12(15)20-13;1-8(2)15-12(14)13-11-6-5-9(3)10(4)7-11;4-2-1-6-3(5)7-2/h4-8H,1-3H3,(H,17,18);5-8H,1-4H3,(H,13,14);1H. The van der Waals surface area contributed by atoms with Crippen LogP contribution in [0.3, 0.4) is 0 Å². The Morgan fingerprint density at radius 1 is 0.714 bits per heavy atom. The van der Waals surface area contributed by atoms with Crippen LogP contribution < -0.4 is 10.6 Å². The van der Waals surface area contributed by atoms with Gasteiger partial charge in [0.25, 0.3) is 0 Å². The summed E-state index contributed by atoms with van der Waals surface area (Å²) in [5, 5.41) is 6.34. The monoisotopic (exact) mass is 802 g/mol. The normalized spacial score (nSPS) is 10.3. The first-order valence-electron chi connectivity index (χ1n) is 12.7. The van der Waals surface area contributed by atoms with Crippen LogP contribution in [-0.2, 0) is 9.47 Å². The van der Waals surface area contributed by atoms with Crippen LogP contribution >= 0.6 is 70.5 Å². The zero-order valence-corrected chi connectivity index (χ0v) is 30.6. The number of amides is 2. The van der Waals surface area contributed by atoms with Gasteiger partial charge in [-0.3, -0.25) is 10.6 Å². The van der Waals surface area contributed by atoms with E-state index < -0.39 is 12.2 Å². The fourth-order valence-electron chi connectivity index (χ4n) is 3.14. The van der Waals surface area contributed by atoms with E-state index in [-0.39, 0.29) is 12.2 Å². The Labute approximate surface area is 280 Å². The maximum atomic E-state index is 11.5. The first kappa shape index (κ1) is 35.9. The van der Waals surface area contributed by atoms with E-state index in [1.54, 1.807) is 35.1 Å². The third-order valence-electron chi connectivity index (χ3n) is 5.07. The van der Waals surface area contributed by atoms with E-state index in [4.69, 9.17) is 9.47 Å². The Morgan fingerprint density at radius 2 is 1.21 bits per heavy atom. The van der Waals surface area contributed by atoms with E-state index in [9.17, 15) is 9.59 Å². The molecule has 0 aliphatic rings. The van der Waals surface area contributed by atoms with Crippen LogP contribution in [-0.4, -0.2) is 34.4 Å². The number of benzene rings is 2. The van der Waals surface area contributed by atoms with E-state index in [0.29, 0.717) is 5.69 Å². The quantitative estimate of drug-likeness (QED) is 0.208. The highest BCUT2D eigenvalue weighted by Crippen LogP contribution is 2.31. The Bertz CT molecular complexity index is 1460. The van der Waals surface area contributed by atoms with E-state index >= 15 is 0 Å². The van der Waals surface area contributed by atoms with Gasteiger partial charge in [-0.2, -0.15) is 0 Å². The molecule has 2 heterocycles. The number of aromatic nitrogens is 2. The van der Waals surface area contributed by atoms with Crippen molar-refractivity contribution in [2.45, 2.75) is 60.7 Å². The lowest BCUT2D eigenvalue weighted by Gasteiger charge is -2.11. The third kappa shape index (κ3) is 13.3. The summed E-state index contributed by atoms with van der Waals surface area (Å²) in [6.45, 7) is 13.3. The maximum Gasteiger partial charge on any atom is 0.411 e. The molecule has 0 saturated heterocycles. The van der Waals surface area contributed by atoms with Crippen molar-refractivity contribution >= 4 is 94.0 Å². The first-order chi connectivity index (χ1) is 19.7. The van der Waals surface area contributed by atoms with E-state index in [2.05, 4.69) is 68.4 Å². The lowest BCUT2D eigenvalue weighted by atomic mass is 10.1. The minimum atomic E-state index is -0.441. The van der Waals surface area contributed by atoms with Gasteiger partial charge in [-0.1, -0.05) is 6.07 Å². The van der Waals surface area contributed by atoms with Crippen molar-refractivity contribution in [2.24, 2.45) is 0 Å². The molecule has 226 valence electrons. The molecule has 0 atom stereocenters. The van der Waals surface area contributed by atoms with Gasteiger partial charge >= 0.3 is 12.2 Å². The third-order valence-corrected chi connectivity index (χ3v) is 8.53. The van der Waals surface area contributed by atoms with Gasteiger partial charge in [-0.15, -0.1) is 22.7 Å². The number of carbonyl (C=O) groups is 2. The lowest BCUT2D eigenvalue weighted by molar-refractivity contribution is 0.129. The van der Waals surface area contributed by atoms with Crippen LogP contribution in [0.2, 0.25) is 0 Å². The van der Waals surface area contributed by atoms with Crippen LogP contribution in [0.4, 0.5) is 21.0 Å². The van der Waals surface area contributed by atoms with Gasteiger partial charge in [0.1, 0.15) is 5.01 Å². The van der Waals surface area contributed by atoms with Gasteiger partial charge in [0.2, 0.25) is 0 Å². The van der Waals surface area contributed by atoms with Crippen molar-refractivity contribution < 1.29 is 19.1 Å². The number of hydrogen-bond donors (Lipinski definition) is 2. The van der Waals surface area contributed by atoms with Gasteiger partial charge in [0.05, 0.1) is 32.2 Å². The number of hydrogen-bond acceptors (Lipinski definition) is 8. The second kappa shape index (κ2) is 17.7. The number of carbonyl (C=O) groups excluding carboxylic acids is 2. The zero-order chi connectivity index (χ0) is 31.4. The molecule has 4 rings (SSSR count). The number of aryl methyl sites for hydroxylation is 3. The Balaban J connectivity index is 0.000000245. The fourth-order valence-corrected chi connectivity index (χ4v) is 6.65. The van der Waals surface area contributed by atoms with Gasteiger partial charge in [0.15, 0.2) is 3.92 Å². The molecule has 42 heavy (non-hydrogen) atoms. The number of ether oxygens (including phenoxy) is 2. The summed E-state index contributed by atoms with van der Waals surface area (Å²) in [7, 11) is 0. The van der Waals surface area contributed by atoms with Crippen LogP contribution in [0.25, 0.3) is 10.6 Å². The smallest absolute Gasteiger partial charge is 0.411 e. The Hall–Kier alpha value is -2.32. The second-order valence-corrected chi connectivity index (χ2v) is 15.5. The van der Waals surface area contributed by atoms with Crippen LogP contribution in [0, 0.1) is 20.8 Å². The summed E-state index contributed by atoms with van der Waals surface area (Å²) in [6.07, 6.45) is 2.46. The second-order valence-electron chi connectivity index (χ2n) is 9.37. The molecule has 0 aliphatic carbocycles. The highest BCUT2D eigenvalue weighted by Gasteiger charge is 2.10. The number of nitrogens with one attached hydrogen (secondary N) is 2. The molecule has 0 unspecified atom stereocenters. The molecule has 2 amide bonds. The van der Waals surface area contributed by atoms with Crippen molar-refractivity contribution in [1.82, 2.24) is 9.97 Å².